The number of benzene rings is 3. The van der Waals surface area contributed by atoms with Crippen LogP contribution < -0.4 is 20.7 Å². The maximum absolute atomic E-state index is 14.1. The Morgan fingerprint density at radius 2 is 1.32 bits per heavy atom. The van der Waals surface area contributed by atoms with Gasteiger partial charge >= 0.3 is 0 Å². The number of epoxide rings is 1. The van der Waals surface area contributed by atoms with Crippen LogP contribution >= 0.6 is 0 Å². The number of hydrogen-bond donors (Lipinski definition) is 3. The summed E-state index contributed by atoms with van der Waals surface area (Å²) in [6.45, 7) is 4.42. The molecule has 0 bridgehead atoms. The van der Waals surface area contributed by atoms with E-state index in [1.54, 1.807) is 26.2 Å². The average Bonchev–Trinajstić information content (AvgIpc) is 3.90. The molecule has 50 heavy (non-hydrogen) atoms. The summed E-state index contributed by atoms with van der Waals surface area (Å²) in [5.41, 5.74) is 1.55. The molecule has 0 aromatic heterocycles. The van der Waals surface area contributed by atoms with Gasteiger partial charge in [-0.25, -0.2) is 0 Å². The minimum atomic E-state index is -1.10. The lowest BCUT2D eigenvalue weighted by molar-refractivity contribution is -0.135. The van der Waals surface area contributed by atoms with Gasteiger partial charge in [-0.2, -0.15) is 0 Å². The van der Waals surface area contributed by atoms with E-state index in [1.165, 1.54) is 0 Å². The van der Waals surface area contributed by atoms with Gasteiger partial charge in [-0.15, -0.1) is 0 Å². The fourth-order valence-electron chi connectivity index (χ4n) is 5.68. The predicted molar refractivity (Wildman–Crippen MR) is 185 cm³/mol. The van der Waals surface area contributed by atoms with E-state index in [2.05, 4.69) is 16.0 Å². The largest absolute Gasteiger partial charge is 0.497 e. The standard InChI is InChI=1S/C38H46N4O8/c1-38(26-50-38)35(44)31(21-27-9-5-3-6-10-27)40-36(45)32(22-28-13-15-30(47-2)16-14-28)41-37(46)33(25-49-24-29-11-7-4-8-12-29)39-34(43)23-42-17-19-48-20-18-42/h3-16,31-33H,17-26H2,1-2H3,(H,39,43)(H,40,45)(H,41,46)/t31-,32-,33-,38-/m0/s1. The van der Waals surface area contributed by atoms with Crippen molar-refractivity contribution in [1.29, 1.82) is 0 Å². The summed E-state index contributed by atoms with van der Waals surface area (Å²) in [6.07, 6.45) is 0.363. The van der Waals surface area contributed by atoms with Crippen molar-refractivity contribution < 1.29 is 38.1 Å². The maximum Gasteiger partial charge on any atom is 0.245 e. The molecule has 4 atom stereocenters. The monoisotopic (exact) mass is 686 g/mol. The second-order valence-electron chi connectivity index (χ2n) is 12.8. The summed E-state index contributed by atoms with van der Waals surface area (Å²) in [5, 5.41) is 8.59. The SMILES string of the molecule is COc1ccc(C[C@H](NC(=O)[C@H](COCc2ccccc2)NC(=O)CN2CCOCC2)C(=O)N[C@@H](Cc2ccccc2)C(=O)[C@]2(C)CO2)cc1. The van der Waals surface area contributed by atoms with Crippen molar-refractivity contribution in [2.75, 3.05) is 53.2 Å². The quantitative estimate of drug-likeness (QED) is 0.171. The number of methoxy groups -OCH3 is 1. The molecule has 2 saturated heterocycles. The molecule has 2 aliphatic heterocycles. The van der Waals surface area contributed by atoms with Gasteiger partial charge in [0.2, 0.25) is 17.7 Å². The van der Waals surface area contributed by atoms with Crippen molar-refractivity contribution in [2.24, 2.45) is 0 Å². The molecule has 266 valence electrons. The van der Waals surface area contributed by atoms with E-state index in [1.807, 2.05) is 77.7 Å². The smallest absolute Gasteiger partial charge is 0.245 e. The Morgan fingerprint density at radius 1 is 0.760 bits per heavy atom. The number of rotatable bonds is 18. The summed E-state index contributed by atoms with van der Waals surface area (Å²) in [4.78, 5) is 56.7. The van der Waals surface area contributed by atoms with E-state index in [0.29, 0.717) is 32.1 Å². The number of ketones is 1. The number of ether oxygens (including phenoxy) is 4. The number of Topliss-reactive ketones (excluding diaryl/α,β-unsaturated/α-hetero) is 1. The lowest BCUT2D eigenvalue weighted by Gasteiger charge is -2.28. The molecule has 5 rings (SSSR count). The first-order valence-corrected chi connectivity index (χ1v) is 16.9. The summed E-state index contributed by atoms with van der Waals surface area (Å²) >= 11 is 0. The second-order valence-corrected chi connectivity index (χ2v) is 12.8. The van der Waals surface area contributed by atoms with E-state index in [4.69, 9.17) is 18.9 Å². The molecule has 3 aromatic rings. The van der Waals surface area contributed by atoms with Gasteiger partial charge in [-0.05, 0) is 42.2 Å². The average molecular weight is 687 g/mol. The Kier molecular flexibility index (Phi) is 13.1. The number of carbonyl (C=O) groups is 4. The summed E-state index contributed by atoms with van der Waals surface area (Å²) in [7, 11) is 1.56. The minimum Gasteiger partial charge on any atom is -0.497 e. The fraction of sp³-hybridized carbons (Fsp3) is 0.421. The predicted octanol–water partition coefficient (Wildman–Crippen LogP) is 1.84. The Balaban J connectivity index is 1.34. The van der Waals surface area contributed by atoms with Crippen LogP contribution in [-0.2, 0) is 52.8 Å². The number of carbonyl (C=O) groups excluding carboxylic acids is 4. The zero-order chi connectivity index (χ0) is 35.3. The third-order valence-electron chi connectivity index (χ3n) is 8.76. The molecule has 12 heteroatoms. The summed E-state index contributed by atoms with van der Waals surface area (Å²) in [6, 6.07) is 22.9. The highest BCUT2D eigenvalue weighted by Gasteiger charge is 2.50. The first-order chi connectivity index (χ1) is 24.2. The zero-order valence-corrected chi connectivity index (χ0v) is 28.6. The Hall–Kier alpha value is -4.62. The van der Waals surface area contributed by atoms with Crippen molar-refractivity contribution in [1.82, 2.24) is 20.9 Å². The van der Waals surface area contributed by atoms with Crippen LogP contribution in [0.25, 0.3) is 0 Å². The highest BCUT2D eigenvalue weighted by Crippen LogP contribution is 2.29. The van der Waals surface area contributed by atoms with Crippen LogP contribution in [0.5, 0.6) is 5.75 Å². The fourth-order valence-corrected chi connectivity index (χ4v) is 5.68. The molecule has 12 nitrogen and oxygen atoms in total. The Labute approximate surface area is 292 Å². The van der Waals surface area contributed by atoms with E-state index in [0.717, 1.165) is 16.7 Å². The van der Waals surface area contributed by atoms with Gasteiger partial charge < -0.3 is 34.9 Å². The van der Waals surface area contributed by atoms with Crippen molar-refractivity contribution in [3.8, 4) is 5.75 Å². The molecule has 0 unspecified atom stereocenters. The maximum atomic E-state index is 14.1. The molecule has 3 amide bonds. The van der Waals surface area contributed by atoms with Gasteiger partial charge in [0.1, 0.15) is 23.4 Å². The first-order valence-electron chi connectivity index (χ1n) is 16.9. The molecular formula is C38H46N4O8. The molecule has 3 N–H and O–H groups in total. The number of amides is 3. The molecule has 0 aliphatic carbocycles. The number of nitrogens with zero attached hydrogens (tertiary/aromatic N) is 1. The zero-order valence-electron chi connectivity index (χ0n) is 28.6. The van der Waals surface area contributed by atoms with E-state index < -0.39 is 35.5 Å². The molecular weight excluding hydrogens is 640 g/mol. The van der Waals surface area contributed by atoms with Crippen LogP contribution in [-0.4, -0.2) is 105 Å². The Morgan fingerprint density at radius 3 is 1.94 bits per heavy atom. The minimum absolute atomic E-state index is 0.0890. The molecule has 2 aliphatic rings. The van der Waals surface area contributed by atoms with Gasteiger partial charge in [0.25, 0.3) is 0 Å². The summed E-state index contributed by atoms with van der Waals surface area (Å²) in [5.74, 6) is -1.09. The molecule has 2 fully saturated rings. The van der Waals surface area contributed by atoms with Crippen molar-refractivity contribution >= 4 is 23.5 Å². The molecule has 0 saturated carbocycles. The molecule has 2 heterocycles. The van der Waals surface area contributed by atoms with Crippen LogP contribution in [0.2, 0.25) is 0 Å². The van der Waals surface area contributed by atoms with Crippen LogP contribution in [0.1, 0.15) is 23.6 Å². The molecule has 0 spiro atoms. The number of morpholine rings is 1. The highest BCUT2D eigenvalue weighted by atomic mass is 16.6. The lowest BCUT2D eigenvalue weighted by atomic mass is 9.94. The second kappa shape index (κ2) is 17.9. The first kappa shape index (κ1) is 36.7. The third kappa shape index (κ3) is 10.9. The van der Waals surface area contributed by atoms with Gasteiger partial charge in [0, 0.05) is 19.5 Å². The molecule has 3 aromatic carbocycles. The van der Waals surface area contributed by atoms with Gasteiger partial charge in [0.05, 0.1) is 52.7 Å². The third-order valence-corrected chi connectivity index (χ3v) is 8.76. The highest BCUT2D eigenvalue weighted by molar-refractivity contribution is 5.98. The Bertz CT molecular complexity index is 1560. The van der Waals surface area contributed by atoms with Crippen LogP contribution in [0.15, 0.2) is 84.9 Å². The normalized spacial score (nSPS) is 19.0. The topological polar surface area (TPSA) is 148 Å². The van der Waals surface area contributed by atoms with Gasteiger partial charge in [-0.1, -0.05) is 72.8 Å². The van der Waals surface area contributed by atoms with Crippen LogP contribution in [0, 0.1) is 0 Å². The van der Waals surface area contributed by atoms with Crippen molar-refractivity contribution in [3.05, 3.63) is 102 Å². The molecule has 0 radical (unpaired) electrons. The van der Waals surface area contributed by atoms with Crippen LogP contribution in [0.4, 0.5) is 0 Å². The van der Waals surface area contributed by atoms with Gasteiger partial charge in [0.15, 0.2) is 5.78 Å². The van der Waals surface area contributed by atoms with Gasteiger partial charge in [-0.3, -0.25) is 24.1 Å². The van der Waals surface area contributed by atoms with Crippen molar-refractivity contribution in [2.45, 2.75) is 50.1 Å². The number of hydrogen-bond acceptors (Lipinski definition) is 9. The van der Waals surface area contributed by atoms with Crippen molar-refractivity contribution in [3.63, 3.8) is 0 Å². The van der Waals surface area contributed by atoms with E-state index >= 15 is 0 Å². The number of nitrogens with one attached hydrogen (secondary N) is 3. The van der Waals surface area contributed by atoms with Crippen LogP contribution in [0.3, 0.4) is 0 Å². The lowest BCUT2D eigenvalue weighted by Crippen LogP contribution is -2.59. The summed E-state index contributed by atoms with van der Waals surface area (Å²) < 4.78 is 22.0. The van der Waals surface area contributed by atoms with E-state index in [9.17, 15) is 19.2 Å². The van der Waals surface area contributed by atoms with E-state index in [-0.39, 0.29) is 50.9 Å².